The van der Waals surface area contributed by atoms with Crippen LogP contribution >= 0.6 is 0 Å². The minimum absolute atomic E-state index is 0.0606. The SMILES string of the molecule is CCc1nncn1CCNC(=NCc1ccco1)N(C)CC(=O)NC(C)(C)C. The van der Waals surface area contributed by atoms with Gasteiger partial charge in [0.05, 0.1) is 12.8 Å². The number of rotatable bonds is 8. The second-order valence-electron chi connectivity index (χ2n) is 7.59. The maximum atomic E-state index is 12.3. The van der Waals surface area contributed by atoms with Crippen LogP contribution < -0.4 is 10.6 Å². The molecule has 28 heavy (non-hydrogen) atoms. The first-order chi connectivity index (χ1) is 13.3. The van der Waals surface area contributed by atoms with E-state index >= 15 is 0 Å². The molecule has 0 fully saturated rings. The van der Waals surface area contributed by atoms with E-state index in [-0.39, 0.29) is 18.0 Å². The highest BCUT2D eigenvalue weighted by atomic mass is 16.3. The molecular weight excluding hydrogens is 358 g/mol. The van der Waals surface area contributed by atoms with Gasteiger partial charge in [0, 0.05) is 32.1 Å². The first-order valence-corrected chi connectivity index (χ1v) is 9.48. The van der Waals surface area contributed by atoms with Crippen molar-refractivity contribution in [2.75, 3.05) is 20.1 Å². The van der Waals surface area contributed by atoms with Gasteiger partial charge >= 0.3 is 0 Å². The molecule has 154 valence electrons. The summed E-state index contributed by atoms with van der Waals surface area (Å²) in [6.45, 7) is 9.86. The first kappa shape index (κ1) is 21.5. The zero-order valence-corrected chi connectivity index (χ0v) is 17.4. The van der Waals surface area contributed by atoms with Crippen LogP contribution in [0, 0.1) is 0 Å². The number of nitrogens with one attached hydrogen (secondary N) is 2. The Balaban J connectivity index is 1.99. The molecule has 0 aliphatic carbocycles. The summed E-state index contributed by atoms with van der Waals surface area (Å²) in [5.74, 6) is 2.27. The smallest absolute Gasteiger partial charge is 0.240 e. The van der Waals surface area contributed by atoms with Crippen LogP contribution in [0.25, 0.3) is 0 Å². The summed E-state index contributed by atoms with van der Waals surface area (Å²) in [6.07, 6.45) is 4.17. The van der Waals surface area contributed by atoms with Crippen molar-refractivity contribution in [3.8, 4) is 0 Å². The van der Waals surface area contributed by atoms with Gasteiger partial charge in [-0.25, -0.2) is 4.99 Å². The lowest BCUT2D eigenvalue weighted by Gasteiger charge is -2.25. The highest BCUT2D eigenvalue weighted by molar-refractivity contribution is 5.86. The maximum Gasteiger partial charge on any atom is 0.240 e. The molecule has 0 aromatic carbocycles. The summed E-state index contributed by atoms with van der Waals surface area (Å²) in [6, 6.07) is 3.70. The molecule has 1 amide bonds. The third-order valence-electron chi connectivity index (χ3n) is 3.87. The predicted octanol–water partition coefficient (Wildman–Crippen LogP) is 1.43. The molecule has 0 radical (unpaired) electrons. The van der Waals surface area contributed by atoms with Gasteiger partial charge in [0.1, 0.15) is 24.5 Å². The molecule has 2 N–H and O–H groups in total. The maximum absolute atomic E-state index is 12.3. The molecule has 2 heterocycles. The number of nitrogens with zero attached hydrogens (tertiary/aromatic N) is 5. The number of furan rings is 1. The number of aryl methyl sites for hydroxylation is 1. The lowest BCUT2D eigenvalue weighted by molar-refractivity contribution is -0.122. The van der Waals surface area contributed by atoms with E-state index in [0.717, 1.165) is 18.0 Å². The van der Waals surface area contributed by atoms with E-state index in [1.165, 1.54) is 0 Å². The summed E-state index contributed by atoms with van der Waals surface area (Å²) in [5.41, 5.74) is -0.276. The van der Waals surface area contributed by atoms with E-state index < -0.39 is 0 Å². The number of aliphatic imine (C=N–C) groups is 1. The van der Waals surface area contributed by atoms with Gasteiger partial charge in [-0.15, -0.1) is 10.2 Å². The molecular formula is C19H31N7O2. The second kappa shape index (κ2) is 9.91. The van der Waals surface area contributed by atoms with Gasteiger partial charge in [-0.05, 0) is 32.9 Å². The largest absolute Gasteiger partial charge is 0.467 e. The number of amides is 1. The quantitative estimate of drug-likeness (QED) is 0.523. The van der Waals surface area contributed by atoms with Gasteiger partial charge in [-0.1, -0.05) is 6.92 Å². The summed E-state index contributed by atoms with van der Waals surface area (Å²) in [5, 5.41) is 14.3. The number of guanidine groups is 1. The van der Waals surface area contributed by atoms with Crippen LogP contribution in [0.5, 0.6) is 0 Å². The fraction of sp³-hybridized carbons (Fsp3) is 0.579. The molecule has 2 aromatic rings. The van der Waals surface area contributed by atoms with Gasteiger partial charge in [0.2, 0.25) is 5.91 Å². The Labute approximate surface area is 166 Å². The standard InChI is InChI=1S/C19H31N7O2/c1-6-16-24-22-14-26(16)10-9-20-18(21-12-15-8-7-11-28-15)25(5)13-17(27)23-19(2,3)4/h7-8,11,14H,6,9-10,12-13H2,1-5H3,(H,20,21)(H,23,27). The summed E-state index contributed by atoms with van der Waals surface area (Å²) >= 11 is 0. The molecule has 0 aliphatic rings. The van der Waals surface area contributed by atoms with Crippen LogP contribution in [-0.2, 0) is 24.3 Å². The first-order valence-electron chi connectivity index (χ1n) is 9.48. The molecule has 9 nitrogen and oxygen atoms in total. The van der Waals surface area contributed by atoms with Crippen LogP contribution in [0.15, 0.2) is 34.1 Å². The second-order valence-corrected chi connectivity index (χ2v) is 7.59. The topological polar surface area (TPSA) is 101 Å². The highest BCUT2D eigenvalue weighted by Gasteiger charge is 2.17. The fourth-order valence-corrected chi connectivity index (χ4v) is 2.64. The van der Waals surface area contributed by atoms with Gasteiger partial charge in [0.25, 0.3) is 0 Å². The van der Waals surface area contributed by atoms with Gasteiger partial charge < -0.3 is 24.5 Å². The normalized spacial score (nSPS) is 12.1. The number of hydrogen-bond donors (Lipinski definition) is 2. The van der Waals surface area contributed by atoms with Crippen LogP contribution in [0.4, 0.5) is 0 Å². The van der Waals surface area contributed by atoms with Gasteiger partial charge in [-0.3, -0.25) is 4.79 Å². The molecule has 2 aromatic heterocycles. The van der Waals surface area contributed by atoms with E-state index in [1.54, 1.807) is 17.5 Å². The molecule has 0 bridgehead atoms. The van der Waals surface area contributed by atoms with Gasteiger partial charge in [0.15, 0.2) is 5.96 Å². The highest BCUT2D eigenvalue weighted by Crippen LogP contribution is 2.03. The van der Waals surface area contributed by atoms with Crippen molar-refractivity contribution in [3.05, 3.63) is 36.3 Å². The average Bonchev–Trinajstić information content (AvgIpc) is 3.27. The molecule has 0 unspecified atom stereocenters. The zero-order chi connectivity index (χ0) is 20.6. The van der Waals surface area contributed by atoms with Crippen molar-refractivity contribution < 1.29 is 9.21 Å². The Bertz CT molecular complexity index is 760. The minimum Gasteiger partial charge on any atom is -0.467 e. The summed E-state index contributed by atoms with van der Waals surface area (Å²) < 4.78 is 7.35. The van der Waals surface area contributed by atoms with Crippen molar-refractivity contribution in [2.24, 2.45) is 4.99 Å². The summed E-state index contributed by atoms with van der Waals surface area (Å²) in [7, 11) is 1.84. The third kappa shape index (κ3) is 7.05. The monoisotopic (exact) mass is 389 g/mol. The molecule has 0 aliphatic heterocycles. The van der Waals surface area contributed by atoms with Crippen molar-refractivity contribution in [1.82, 2.24) is 30.3 Å². The Morgan fingerprint density at radius 2 is 2.18 bits per heavy atom. The van der Waals surface area contributed by atoms with Crippen LogP contribution in [0.2, 0.25) is 0 Å². The van der Waals surface area contributed by atoms with Crippen LogP contribution in [0.1, 0.15) is 39.3 Å². The van der Waals surface area contributed by atoms with E-state index in [1.807, 2.05) is 51.4 Å². The predicted molar refractivity (Wildman–Crippen MR) is 108 cm³/mol. The summed E-state index contributed by atoms with van der Waals surface area (Å²) in [4.78, 5) is 18.7. The third-order valence-corrected chi connectivity index (χ3v) is 3.87. The van der Waals surface area contributed by atoms with E-state index in [2.05, 4.69) is 25.8 Å². The molecule has 9 heteroatoms. The molecule has 2 rings (SSSR count). The fourth-order valence-electron chi connectivity index (χ4n) is 2.64. The zero-order valence-electron chi connectivity index (χ0n) is 17.4. The lowest BCUT2D eigenvalue weighted by Crippen LogP contribution is -2.49. The van der Waals surface area contributed by atoms with E-state index in [9.17, 15) is 4.79 Å². The van der Waals surface area contributed by atoms with Gasteiger partial charge in [-0.2, -0.15) is 0 Å². The molecule has 0 saturated heterocycles. The Morgan fingerprint density at radius 1 is 1.39 bits per heavy atom. The lowest BCUT2D eigenvalue weighted by atomic mass is 10.1. The molecule has 0 spiro atoms. The molecule has 0 atom stereocenters. The van der Waals surface area contributed by atoms with E-state index in [4.69, 9.17) is 4.42 Å². The molecule has 0 saturated carbocycles. The number of likely N-dealkylation sites (N-methyl/N-ethyl adjacent to an activating group) is 1. The van der Waals surface area contributed by atoms with Crippen molar-refractivity contribution in [3.63, 3.8) is 0 Å². The average molecular weight is 390 g/mol. The van der Waals surface area contributed by atoms with Crippen molar-refractivity contribution >= 4 is 11.9 Å². The number of hydrogen-bond acceptors (Lipinski definition) is 5. The van der Waals surface area contributed by atoms with Crippen LogP contribution in [-0.4, -0.2) is 57.2 Å². The number of aromatic nitrogens is 3. The van der Waals surface area contributed by atoms with Crippen LogP contribution in [0.3, 0.4) is 0 Å². The van der Waals surface area contributed by atoms with E-state index in [0.29, 0.717) is 25.6 Å². The Kier molecular flexibility index (Phi) is 7.60. The number of carbonyl (C=O) groups is 1. The Morgan fingerprint density at radius 3 is 2.82 bits per heavy atom. The Hall–Kier alpha value is -2.84. The van der Waals surface area contributed by atoms with Crippen molar-refractivity contribution in [1.29, 1.82) is 0 Å². The number of carbonyl (C=O) groups excluding carboxylic acids is 1. The van der Waals surface area contributed by atoms with Crippen molar-refractivity contribution in [2.45, 2.75) is 52.7 Å². The minimum atomic E-state index is -0.276.